The molecule has 2 N–H and O–H groups in total. The molecule has 0 saturated heterocycles. The van der Waals surface area contributed by atoms with Gasteiger partial charge in [-0.3, -0.25) is 9.59 Å². The highest BCUT2D eigenvalue weighted by Gasteiger charge is 2.42. The first-order valence-electron chi connectivity index (χ1n) is 12.5. The molecule has 1 aliphatic heterocycles. The number of benzene rings is 3. The van der Waals surface area contributed by atoms with Gasteiger partial charge in [-0.2, -0.15) is 0 Å². The predicted octanol–water partition coefficient (Wildman–Crippen LogP) is 6.55. The van der Waals surface area contributed by atoms with Crippen molar-refractivity contribution in [3.05, 3.63) is 106 Å². The molecule has 8 heteroatoms. The van der Waals surface area contributed by atoms with E-state index < -0.39 is 17.7 Å². The maximum Gasteiger partial charge on any atom is 0.239 e. The van der Waals surface area contributed by atoms with Crippen LogP contribution in [0.5, 0.6) is 0 Å². The number of fused-ring (bicyclic) bond motifs is 1. The second-order valence-corrected chi connectivity index (χ2v) is 11.0. The Morgan fingerprint density at radius 3 is 2.47 bits per heavy atom. The minimum atomic E-state index is -0.874. The molecular formula is C30H28ClF2N3O2. The molecule has 0 radical (unpaired) electrons. The number of ketones is 1. The molecular weight excluding hydrogens is 508 g/mol. The molecule has 0 spiro atoms. The molecule has 3 aromatic carbocycles. The maximum atomic E-state index is 14.5. The van der Waals surface area contributed by atoms with Crippen LogP contribution in [0.15, 0.2) is 78.0 Å². The third kappa shape index (κ3) is 5.29. The maximum absolute atomic E-state index is 14.5. The number of carbonyl (C=O) groups excluding carboxylic acids is 2. The highest BCUT2D eigenvalue weighted by atomic mass is 35.5. The van der Waals surface area contributed by atoms with E-state index in [1.807, 2.05) is 56.3 Å². The molecule has 5 nitrogen and oxygen atoms in total. The number of anilines is 2. The van der Waals surface area contributed by atoms with E-state index in [0.717, 1.165) is 11.6 Å². The summed E-state index contributed by atoms with van der Waals surface area (Å²) < 4.78 is 29.0. The second kappa shape index (κ2) is 10.2. The molecule has 1 aliphatic carbocycles. The van der Waals surface area contributed by atoms with Crippen LogP contribution in [-0.2, 0) is 16.1 Å². The van der Waals surface area contributed by atoms with Crippen molar-refractivity contribution < 1.29 is 18.4 Å². The number of halogens is 3. The third-order valence-corrected chi connectivity index (χ3v) is 7.32. The highest BCUT2D eigenvalue weighted by Crippen LogP contribution is 2.48. The zero-order valence-corrected chi connectivity index (χ0v) is 21.9. The normalized spacial score (nSPS) is 18.3. The van der Waals surface area contributed by atoms with E-state index in [9.17, 15) is 18.4 Å². The SMILES string of the molecule is CC1(C)CC(=O)C2=C(C1)Nc1ccccc1N(CC(=O)NCc1ccccc1Cl)C2c1cc(F)cc(F)c1. The molecule has 1 heterocycles. The van der Waals surface area contributed by atoms with E-state index in [4.69, 9.17) is 11.6 Å². The van der Waals surface area contributed by atoms with Crippen LogP contribution in [0.1, 0.15) is 43.9 Å². The first-order valence-corrected chi connectivity index (χ1v) is 12.8. The van der Waals surface area contributed by atoms with Crippen LogP contribution in [0.25, 0.3) is 0 Å². The second-order valence-electron chi connectivity index (χ2n) is 10.6. The topological polar surface area (TPSA) is 61.4 Å². The van der Waals surface area contributed by atoms with Gasteiger partial charge >= 0.3 is 0 Å². The molecule has 1 amide bonds. The van der Waals surface area contributed by atoms with Crippen LogP contribution in [0, 0.1) is 17.0 Å². The van der Waals surface area contributed by atoms with E-state index in [1.165, 1.54) is 12.1 Å². The quantitative estimate of drug-likeness (QED) is 0.389. The number of nitrogens with one attached hydrogen (secondary N) is 2. The van der Waals surface area contributed by atoms with Crippen molar-refractivity contribution in [3.63, 3.8) is 0 Å². The Kier molecular flexibility index (Phi) is 6.97. The summed E-state index contributed by atoms with van der Waals surface area (Å²) in [6.45, 7) is 4.10. The van der Waals surface area contributed by atoms with Crippen molar-refractivity contribution in [2.75, 3.05) is 16.8 Å². The lowest BCUT2D eigenvalue weighted by Crippen LogP contribution is -2.42. The minimum absolute atomic E-state index is 0.118. The monoisotopic (exact) mass is 535 g/mol. The number of Topliss-reactive ketones (excluding diaryl/α,β-unsaturated/α-hetero) is 1. The fourth-order valence-electron chi connectivity index (χ4n) is 5.35. The van der Waals surface area contributed by atoms with E-state index in [1.54, 1.807) is 11.0 Å². The van der Waals surface area contributed by atoms with Gasteiger partial charge in [-0.15, -0.1) is 0 Å². The molecule has 0 bridgehead atoms. The Hall–Kier alpha value is -3.71. The van der Waals surface area contributed by atoms with Crippen molar-refractivity contribution in [3.8, 4) is 0 Å². The van der Waals surface area contributed by atoms with Gasteiger partial charge in [0.05, 0.1) is 24.0 Å². The molecule has 1 atom stereocenters. The van der Waals surface area contributed by atoms with E-state index in [-0.39, 0.29) is 42.2 Å². The smallest absolute Gasteiger partial charge is 0.239 e. The molecule has 5 rings (SSSR count). The van der Waals surface area contributed by atoms with Crippen molar-refractivity contribution in [1.82, 2.24) is 5.32 Å². The number of allylic oxidation sites excluding steroid dienone is 1. The summed E-state index contributed by atoms with van der Waals surface area (Å²) in [6.07, 6.45) is 0.855. The van der Waals surface area contributed by atoms with Gasteiger partial charge in [-0.25, -0.2) is 8.78 Å². The molecule has 2 aliphatic rings. The summed E-state index contributed by atoms with van der Waals surface area (Å²) in [5, 5.41) is 6.86. The van der Waals surface area contributed by atoms with Gasteiger partial charge in [-0.1, -0.05) is 55.8 Å². The average molecular weight is 536 g/mol. The number of carbonyl (C=O) groups is 2. The minimum Gasteiger partial charge on any atom is -0.357 e. The third-order valence-electron chi connectivity index (χ3n) is 6.95. The number of hydrogen-bond acceptors (Lipinski definition) is 4. The van der Waals surface area contributed by atoms with Crippen LogP contribution >= 0.6 is 11.6 Å². The fourth-order valence-corrected chi connectivity index (χ4v) is 5.56. The Bertz CT molecular complexity index is 1430. The van der Waals surface area contributed by atoms with E-state index >= 15 is 0 Å². The van der Waals surface area contributed by atoms with Crippen molar-refractivity contribution in [2.45, 2.75) is 39.3 Å². The van der Waals surface area contributed by atoms with Gasteiger partial charge in [-0.05, 0) is 53.3 Å². The van der Waals surface area contributed by atoms with Crippen LogP contribution in [0.2, 0.25) is 5.02 Å². The van der Waals surface area contributed by atoms with Crippen LogP contribution in [0.3, 0.4) is 0 Å². The number of hydrogen-bond donors (Lipinski definition) is 2. The largest absolute Gasteiger partial charge is 0.357 e. The lowest BCUT2D eigenvalue weighted by Gasteiger charge is -2.37. The Labute approximate surface area is 225 Å². The first kappa shape index (κ1) is 25.9. The summed E-state index contributed by atoms with van der Waals surface area (Å²) in [5.74, 6) is -1.94. The van der Waals surface area contributed by atoms with Gasteiger partial charge in [0, 0.05) is 35.3 Å². The van der Waals surface area contributed by atoms with Gasteiger partial charge in [0.1, 0.15) is 11.6 Å². The molecule has 0 saturated carbocycles. The van der Waals surface area contributed by atoms with Gasteiger partial charge in [0.2, 0.25) is 5.91 Å². The summed E-state index contributed by atoms with van der Waals surface area (Å²) in [6, 6.07) is 17.0. The Morgan fingerprint density at radius 1 is 1.05 bits per heavy atom. The zero-order chi connectivity index (χ0) is 27.0. The fraction of sp³-hybridized carbons (Fsp3) is 0.267. The predicted molar refractivity (Wildman–Crippen MR) is 145 cm³/mol. The van der Waals surface area contributed by atoms with Crippen LogP contribution in [0.4, 0.5) is 20.2 Å². The van der Waals surface area contributed by atoms with Crippen molar-refractivity contribution >= 4 is 34.7 Å². The molecule has 0 aromatic heterocycles. The molecule has 3 aromatic rings. The summed E-state index contributed by atoms with van der Waals surface area (Å²) in [7, 11) is 0. The number of nitrogens with zero attached hydrogens (tertiary/aromatic N) is 1. The average Bonchev–Trinajstić information content (AvgIpc) is 2.97. The lowest BCUT2D eigenvalue weighted by molar-refractivity contribution is -0.120. The van der Waals surface area contributed by atoms with Crippen molar-refractivity contribution in [1.29, 1.82) is 0 Å². The molecule has 38 heavy (non-hydrogen) atoms. The number of amides is 1. The van der Waals surface area contributed by atoms with Gasteiger partial charge in [0.15, 0.2) is 5.78 Å². The van der Waals surface area contributed by atoms with E-state index in [2.05, 4.69) is 10.6 Å². The van der Waals surface area contributed by atoms with E-state index in [0.29, 0.717) is 34.1 Å². The molecule has 0 fully saturated rings. The zero-order valence-electron chi connectivity index (χ0n) is 21.2. The summed E-state index contributed by atoms with van der Waals surface area (Å²) in [4.78, 5) is 28.7. The van der Waals surface area contributed by atoms with Crippen LogP contribution < -0.4 is 15.5 Å². The Morgan fingerprint density at radius 2 is 1.74 bits per heavy atom. The van der Waals surface area contributed by atoms with Crippen LogP contribution in [-0.4, -0.2) is 18.2 Å². The highest BCUT2D eigenvalue weighted by molar-refractivity contribution is 6.31. The Balaban J connectivity index is 1.60. The molecule has 196 valence electrons. The number of para-hydroxylation sites is 2. The first-order chi connectivity index (χ1) is 18.1. The summed E-state index contributed by atoms with van der Waals surface area (Å²) in [5.41, 5.74) is 3.21. The molecule has 1 unspecified atom stereocenters. The summed E-state index contributed by atoms with van der Waals surface area (Å²) >= 11 is 6.25. The number of rotatable bonds is 5. The lowest BCUT2D eigenvalue weighted by atomic mass is 9.73. The van der Waals surface area contributed by atoms with Crippen molar-refractivity contribution in [2.24, 2.45) is 5.41 Å². The van der Waals surface area contributed by atoms with Gasteiger partial charge < -0.3 is 15.5 Å². The van der Waals surface area contributed by atoms with Gasteiger partial charge in [0.25, 0.3) is 0 Å². The standard InChI is InChI=1S/C30H28ClF2N3O2/c1-30(2)14-24-28(26(37)15-30)29(19-11-20(32)13-21(33)12-19)36(25-10-6-5-9-23(25)35-24)17-27(38)34-16-18-7-3-4-8-22(18)31/h3-13,29,35H,14-17H2,1-2H3,(H,34,38).